The van der Waals surface area contributed by atoms with Crippen molar-refractivity contribution in [1.29, 1.82) is 0 Å². The molecule has 3 nitrogen and oxygen atoms in total. The lowest BCUT2D eigenvalue weighted by molar-refractivity contribution is -0.146. The number of hydrogen-bond donors (Lipinski definition) is 1. The van der Waals surface area contributed by atoms with Gasteiger partial charge in [-0.2, -0.15) is 0 Å². The molecule has 1 rings (SSSR count). The zero-order valence-corrected chi connectivity index (χ0v) is 7.38. The number of rotatable bonds is 2. The second-order valence-electron chi connectivity index (χ2n) is 3.15. The second-order valence-corrected chi connectivity index (χ2v) is 3.15. The van der Waals surface area contributed by atoms with E-state index in [9.17, 15) is 4.79 Å². The fourth-order valence-corrected chi connectivity index (χ4v) is 1.32. The van der Waals surface area contributed by atoms with Crippen LogP contribution < -0.4 is 5.32 Å². The Hall–Kier alpha value is -0.830. The van der Waals surface area contributed by atoms with Crippen molar-refractivity contribution in [2.75, 3.05) is 13.1 Å². The molecule has 3 heteroatoms. The summed E-state index contributed by atoms with van der Waals surface area (Å²) in [5.41, 5.74) is 0. The molecular weight excluding hydrogens is 154 g/mol. The van der Waals surface area contributed by atoms with Gasteiger partial charge in [0.05, 0.1) is 0 Å². The van der Waals surface area contributed by atoms with Crippen molar-refractivity contribution in [1.82, 2.24) is 5.32 Å². The van der Waals surface area contributed by atoms with Crippen LogP contribution in [-0.2, 0) is 9.53 Å². The molecule has 2 unspecified atom stereocenters. The molecule has 0 aromatic heterocycles. The predicted molar refractivity (Wildman–Crippen MR) is 46.7 cm³/mol. The van der Waals surface area contributed by atoms with E-state index in [0.29, 0.717) is 5.92 Å². The fourth-order valence-electron chi connectivity index (χ4n) is 1.32. The highest BCUT2D eigenvalue weighted by Gasteiger charge is 2.23. The Morgan fingerprint density at radius 1 is 1.75 bits per heavy atom. The van der Waals surface area contributed by atoms with Crippen molar-refractivity contribution in [2.24, 2.45) is 5.92 Å². The minimum atomic E-state index is -0.324. The van der Waals surface area contributed by atoms with Gasteiger partial charge in [0, 0.05) is 12.6 Å². The van der Waals surface area contributed by atoms with Crippen molar-refractivity contribution in [2.45, 2.75) is 19.4 Å². The molecule has 0 radical (unpaired) electrons. The van der Waals surface area contributed by atoms with Crippen molar-refractivity contribution in [3.05, 3.63) is 12.7 Å². The highest BCUT2D eigenvalue weighted by atomic mass is 16.5. The quantitative estimate of drug-likeness (QED) is 0.489. The zero-order valence-electron chi connectivity index (χ0n) is 7.38. The summed E-state index contributed by atoms with van der Waals surface area (Å²) in [7, 11) is 0. The molecule has 68 valence electrons. The summed E-state index contributed by atoms with van der Waals surface area (Å²) in [4.78, 5) is 10.9. The molecule has 2 atom stereocenters. The van der Waals surface area contributed by atoms with Gasteiger partial charge >= 0.3 is 5.97 Å². The van der Waals surface area contributed by atoms with Crippen LogP contribution in [0.3, 0.4) is 0 Å². The van der Waals surface area contributed by atoms with Gasteiger partial charge in [-0.25, -0.2) is 4.79 Å². The Balaban J connectivity index is 2.38. The summed E-state index contributed by atoms with van der Waals surface area (Å²) in [5, 5.41) is 3.18. The van der Waals surface area contributed by atoms with Gasteiger partial charge in [0.15, 0.2) is 0 Å². The summed E-state index contributed by atoms with van der Waals surface area (Å²) in [5.74, 6) is 0.130. The molecule has 1 aliphatic heterocycles. The van der Waals surface area contributed by atoms with E-state index in [1.165, 1.54) is 6.08 Å². The average Bonchev–Trinajstić information content (AvgIpc) is 2.09. The third-order valence-electron chi connectivity index (χ3n) is 2.19. The van der Waals surface area contributed by atoms with Gasteiger partial charge in [-0.1, -0.05) is 13.5 Å². The van der Waals surface area contributed by atoms with Crippen molar-refractivity contribution in [3.63, 3.8) is 0 Å². The summed E-state index contributed by atoms with van der Waals surface area (Å²) in [6.07, 6.45) is 2.29. The predicted octanol–water partition coefficient (Wildman–Crippen LogP) is 0.714. The van der Waals surface area contributed by atoms with Crippen LogP contribution >= 0.6 is 0 Å². The van der Waals surface area contributed by atoms with Gasteiger partial charge in [-0.05, 0) is 18.9 Å². The van der Waals surface area contributed by atoms with Crippen LogP contribution in [0.2, 0.25) is 0 Å². The maximum absolute atomic E-state index is 10.9. The van der Waals surface area contributed by atoms with Crippen molar-refractivity contribution in [3.8, 4) is 0 Å². The highest BCUT2D eigenvalue weighted by molar-refractivity contribution is 5.81. The first-order valence-corrected chi connectivity index (χ1v) is 4.28. The van der Waals surface area contributed by atoms with Gasteiger partial charge in [0.1, 0.15) is 6.10 Å². The fraction of sp³-hybridized carbons (Fsp3) is 0.667. The number of carbonyl (C=O) groups is 1. The average molecular weight is 169 g/mol. The Bertz CT molecular complexity index is 179. The maximum Gasteiger partial charge on any atom is 0.330 e. The number of hydrogen-bond acceptors (Lipinski definition) is 3. The van der Waals surface area contributed by atoms with Crippen molar-refractivity contribution < 1.29 is 9.53 Å². The first-order valence-electron chi connectivity index (χ1n) is 4.28. The Kier molecular flexibility index (Phi) is 3.29. The normalized spacial score (nSPS) is 29.4. The first-order chi connectivity index (χ1) is 5.74. The minimum absolute atomic E-state index is 0.0178. The molecule has 1 saturated heterocycles. The molecule has 1 N–H and O–H groups in total. The number of ether oxygens (including phenoxy) is 1. The molecule has 1 heterocycles. The topological polar surface area (TPSA) is 38.3 Å². The van der Waals surface area contributed by atoms with E-state index in [1.807, 2.05) is 0 Å². The Morgan fingerprint density at radius 3 is 3.08 bits per heavy atom. The van der Waals surface area contributed by atoms with Gasteiger partial charge in [-0.3, -0.25) is 0 Å². The molecule has 0 aliphatic carbocycles. The Morgan fingerprint density at radius 2 is 2.50 bits per heavy atom. The van der Waals surface area contributed by atoms with Crippen LogP contribution in [0.5, 0.6) is 0 Å². The molecule has 0 saturated carbocycles. The van der Waals surface area contributed by atoms with Gasteiger partial charge in [0.25, 0.3) is 0 Å². The lowest BCUT2D eigenvalue weighted by atomic mass is 9.97. The third-order valence-corrected chi connectivity index (χ3v) is 2.19. The van der Waals surface area contributed by atoms with Gasteiger partial charge in [0.2, 0.25) is 0 Å². The van der Waals surface area contributed by atoms with E-state index >= 15 is 0 Å². The maximum atomic E-state index is 10.9. The van der Waals surface area contributed by atoms with Crippen LogP contribution in [0, 0.1) is 5.92 Å². The standard InChI is InChI=1S/C9H15NO2/c1-3-9(11)12-8-6-10-5-4-7(8)2/h3,7-8,10H,1,4-6H2,2H3. The molecule has 12 heavy (non-hydrogen) atoms. The van der Waals surface area contributed by atoms with E-state index in [0.717, 1.165) is 19.5 Å². The SMILES string of the molecule is C=CC(=O)OC1CNCCC1C. The van der Waals surface area contributed by atoms with E-state index in [1.54, 1.807) is 0 Å². The minimum Gasteiger partial charge on any atom is -0.458 e. The molecule has 0 bridgehead atoms. The molecule has 0 spiro atoms. The van der Waals surface area contributed by atoms with E-state index in [-0.39, 0.29) is 12.1 Å². The first kappa shape index (κ1) is 9.26. The van der Waals surface area contributed by atoms with Gasteiger partial charge in [-0.15, -0.1) is 0 Å². The number of piperidine rings is 1. The molecule has 1 fully saturated rings. The summed E-state index contributed by atoms with van der Waals surface area (Å²) < 4.78 is 5.13. The molecule has 1 aliphatic rings. The van der Waals surface area contributed by atoms with E-state index in [4.69, 9.17) is 4.74 Å². The largest absolute Gasteiger partial charge is 0.458 e. The summed E-state index contributed by atoms with van der Waals surface area (Å²) >= 11 is 0. The smallest absolute Gasteiger partial charge is 0.330 e. The van der Waals surface area contributed by atoms with Crippen LogP contribution in [0.1, 0.15) is 13.3 Å². The van der Waals surface area contributed by atoms with Crippen LogP contribution in [0.25, 0.3) is 0 Å². The zero-order chi connectivity index (χ0) is 8.97. The number of carbonyl (C=O) groups excluding carboxylic acids is 1. The lowest BCUT2D eigenvalue weighted by Crippen LogP contribution is -2.41. The third kappa shape index (κ3) is 2.34. The molecule has 0 aromatic rings. The van der Waals surface area contributed by atoms with E-state index < -0.39 is 0 Å². The number of nitrogens with one attached hydrogen (secondary N) is 1. The summed E-state index contributed by atoms with van der Waals surface area (Å²) in [6, 6.07) is 0. The summed E-state index contributed by atoms with van der Waals surface area (Å²) in [6.45, 7) is 7.24. The highest BCUT2D eigenvalue weighted by Crippen LogP contribution is 2.14. The van der Waals surface area contributed by atoms with Gasteiger partial charge < -0.3 is 10.1 Å². The molecular formula is C9H15NO2. The second kappa shape index (κ2) is 4.26. The van der Waals surface area contributed by atoms with Crippen LogP contribution in [-0.4, -0.2) is 25.2 Å². The van der Waals surface area contributed by atoms with Crippen LogP contribution in [0.4, 0.5) is 0 Å². The lowest BCUT2D eigenvalue weighted by Gasteiger charge is -2.28. The van der Waals surface area contributed by atoms with Crippen LogP contribution in [0.15, 0.2) is 12.7 Å². The Labute approximate surface area is 72.8 Å². The molecule has 0 aromatic carbocycles. The molecule has 0 amide bonds. The monoisotopic (exact) mass is 169 g/mol. The number of esters is 1. The van der Waals surface area contributed by atoms with E-state index in [2.05, 4.69) is 18.8 Å². The van der Waals surface area contributed by atoms with Crippen molar-refractivity contribution >= 4 is 5.97 Å².